The summed E-state index contributed by atoms with van der Waals surface area (Å²) in [4.78, 5) is 13.5. The zero-order chi connectivity index (χ0) is 28.8. The molecule has 1 heterocycles. The first-order chi connectivity index (χ1) is 19.1. The summed E-state index contributed by atoms with van der Waals surface area (Å²) in [6, 6.07) is 19.2. The van der Waals surface area contributed by atoms with Gasteiger partial charge in [-0.15, -0.1) is 0 Å². The van der Waals surface area contributed by atoms with Gasteiger partial charge in [0.25, 0.3) is 0 Å². The van der Waals surface area contributed by atoms with Crippen molar-refractivity contribution in [2.24, 2.45) is 0 Å². The molecule has 0 spiro atoms. The van der Waals surface area contributed by atoms with Crippen molar-refractivity contribution in [1.29, 1.82) is 0 Å². The number of hydrogen-bond acceptors (Lipinski definition) is 6. The van der Waals surface area contributed by atoms with E-state index in [2.05, 4.69) is 10.0 Å². The summed E-state index contributed by atoms with van der Waals surface area (Å²) in [5.74, 6) is -0.333. The second kappa shape index (κ2) is 12.9. The van der Waals surface area contributed by atoms with Gasteiger partial charge in [-0.3, -0.25) is 4.79 Å². The van der Waals surface area contributed by atoms with Crippen LogP contribution in [0.3, 0.4) is 0 Å². The third kappa shape index (κ3) is 7.28. The Bertz CT molecular complexity index is 1520. The molecular formula is C29H35N3O6S2. The van der Waals surface area contributed by atoms with E-state index in [9.17, 15) is 21.6 Å². The predicted octanol–water partition coefficient (Wildman–Crippen LogP) is 3.38. The number of amides is 1. The van der Waals surface area contributed by atoms with Crippen LogP contribution in [0, 0.1) is 6.92 Å². The van der Waals surface area contributed by atoms with Crippen LogP contribution in [0.25, 0.3) is 0 Å². The molecule has 1 aliphatic rings. The van der Waals surface area contributed by atoms with E-state index < -0.39 is 32.0 Å². The van der Waals surface area contributed by atoms with E-state index in [0.29, 0.717) is 18.7 Å². The molecule has 0 aliphatic carbocycles. The zero-order valence-electron chi connectivity index (χ0n) is 22.7. The van der Waals surface area contributed by atoms with Crippen LogP contribution in [0.4, 0.5) is 0 Å². The molecule has 1 fully saturated rings. The number of aryl methyl sites for hydroxylation is 1. The quantitative estimate of drug-likeness (QED) is 0.356. The Hall–Kier alpha value is -3.25. The predicted molar refractivity (Wildman–Crippen MR) is 153 cm³/mol. The lowest BCUT2D eigenvalue weighted by Crippen LogP contribution is -2.47. The lowest BCUT2D eigenvalue weighted by molar-refractivity contribution is -0.122. The molecule has 1 atom stereocenters. The third-order valence-corrected chi connectivity index (χ3v) is 10.3. The molecule has 1 amide bonds. The summed E-state index contributed by atoms with van der Waals surface area (Å²) in [7, 11) is -6.28. The molecule has 3 aromatic rings. The van der Waals surface area contributed by atoms with Gasteiger partial charge in [-0.05, 0) is 67.1 Å². The molecule has 1 saturated heterocycles. The average Bonchev–Trinajstić information content (AvgIpc) is 2.96. The fourth-order valence-electron chi connectivity index (χ4n) is 4.63. The van der Waals surface area contributed by atoms with Gasteiger partial charge in [0.15, 0.2) is 0 Å². The molecule has 4 rings (SSSR count). The highest BCUT2D eigenvalue weighted by atomic mass is 32.2. The lowest BCUT2D eigenvalue weighted by atomic mass is 10.1. The van der Waals surface area contributed by atoms with Crippen LogP contribution in [0.2, 0.25) is 0 Å². The highest BCUT2D eigenvalue weighted by molar-refractivity contribution is 7.89. The van der Waals surface area contributed by atoms with Crippen molar-refractivity contribution < 1.29 is 26.4 Å². The molecule has 9 nitrogen and oxygen atoms in total. The fourth-order valence-corrected chi connectivity index (χ4v) is 7.59. The maximum absolute atomic E-state index is 13.4. The van der Waals surface area contributed by atoms with Gasteiger partial charge in [0, 0.05) is 19.6 Å². The number of benzene rings is 3. The molecule has 1 aliphatic heterocycles. The van der Waals surface area contributed by atoms with E-state index in [0.717, 1.165) is 30.4 Å². The molecule has 11 heteroatoms. The lowest BCUT2D eigenvalue weighted by Gasteiger charge is -2.25. The van der Waals surface area contributed by atoms with Crippen molar-refractivity contribution >= 4 is 26.0 Å². The maximum Gasteiger partial charge on any atom is 0.244 e. The van der Waals surface area contributed by atoms with Gasteiger partial charge in [0.05, 0.1) is 12.0 Å². The number of methoxy groups -OCH3 is 1. The molecule has 0 saturated carbocycles. The number of ether oxygens (including phenoxy) is 1. The van der Waals surface area contributed by atoms with Gasteiger partial charge in [-0.1, -0.05) is 55.0 Å². The minimum Gasteiger partial charge on any atom is -0.495 e. The number of carbonyl (C=O) groups is 1. The number of piperidine rings is 1. The number of carbonyl (C=O) groups excluding carboxylic acids is 1. The van der Waals surface area contributed by atoms with E-state index >= 15 is 0 Å². The zero-order valence-corrected chi connectivity index (χ0v) is 24.3. The van der Waals surface area contributed by atoms with Crippen LogP contribution >= 0.6 is 0 Å². The normalized spacial score (nSPS) is 15.3. The number of hydrogen-bond donors (Lipinski definition) is 2. The highest BCUT2D eigenvalue weighted by Gasteiger charge is 2.29. The van der Waals surface area contributed by atoms with Crippen LogP contribution in [-0.2, 0) is 37.8 Å². The van der Waals surface area contributed by atoms with Crippen molar-refractivity contribution in [2.75, 3.05) is 20.2 Å². The van der Waals surface area contributed by atoms with Gasteiger partial charge in [-0.25, -0.2) is 16.8 Å². The van der Waals surface area contributed by atoms with Gasteiger partial charge in [0.2, 0.25) is 26.0 Å². The smallest absolute Gasteiger partial charge is 0.244 e. The number of rotatable bonds is 11. The summed E-state index contributed by atoms with van der Waals surface area (Å²) in [6.45, 7) is 2.92. The topological polar surface area (TPSA) is 122 Å². The molecular weight excluding hydrogens is 550 g/mol. The van der Waals surface area contributed by atoms with Crippen molar-refractivity contribution in [3.63, 3.8) is 0 Å². The second-order valence-electron chi connectivity index (χ2n) is 9.84. The van der Waals surface area contributed by atoms with E-state index in [1.807, 2.05) is 30.3 Å². The summed E-state index contributed by atoms with van der Waals surface area (Å²) in [5, 5.41) is 2.80. The molecule has 3 aromatic carbocycles. The monoisotopic (exact) mass is 585 g/mol. The Morgan fingerprint density at radius 1 is 0.900 bits per heavy atom. The van der Waals surface area contributed by atoms with Crippen LogP contribution in [0.1, 0.15) is 36.0 Å². The summed E-state index contributed by atoms with van der Waals surface area (Å²) >= 11 is 0. The van der Waals surface area contributed by atoms with Crippen LogP contribution in [-0.4, -0.2) is 53.3 Å². The maximum atomic E-state index is 13.4. The molecule has 0 bridgehead atoms. The van der Waals surface area contributed by atoms with Gasteiger partial charge in [-0.2, -0.15) is 9.03 Å². The fraction of sp³-hybridized carbons (Fsp3) is 0.345. The Morgan fingerprint density at radius 2 is 1.57 bits per heavy atom. The highest BCUT2D eigenvalue weighted by Crippen LogP contribution is 2.25. The van der Waals surface area contributed by atoms with Crippen molar-refractivity contribution in [3.8, 4) is 5.75 Å². The van der Waals surface area contributed by atoms with Crippen LogP contribution < -0.4 is 14.8 Å². The first kappa shape index (κ1) is 29.7. The van der Waals surface area contributed by atoms with Gasteiger partial charge >= 0.3 is 0 Å². The molecule has 2 N–H and O–H groups in total. The van der Waals surface area contributed by atoms with E-state index in [1.54, 1.807) is 43.3 Å². The molecule has 0 radical (unpaired) electrons. The molecule has 214 valence electrons. The number of nitrogens with zero attached hydrogens (tertiary/aromatic N) is 1. The van der Waals surface area contributed by atoms with Crippen molar-refractivity contribution in [3.05, 3.63) is 89.5 Å². The van der Waals surface area contributed by atoms with Gasteiger partial charge < -0.3 is 10.1 Å². The Kier molecular flexibility index (Phi) is 9.62. The third-order valence-electron chi connectivity index (χ3n) is 6.85. The molecule has 0 aromatic heterocycles. The van der Waals surface area contributed by atoms with Crippen molar-refractivity contribution in [1.82, 2.24) is 14.3 Å². The second-order valence-corrected chi connectivity index (χ2v) is 13.5. The minimum absolute atomic E-state index is 0.0497. The summed E-state index contributed by atoms with van der Waals surface area (Å²) in [5.41, 5.74) is 2.21. The number of nitrogens with one attached hydrogen (secondary N) is 2. The van der Waals surface area contributed by atoms with E-state index in [4.69, 9.17) is 4.74 Å². The summed E-state index contributed by atoms with van der Waals surface area (Å²) in [6.07, 6.45) is 2.87. The van der Waals surface area contributed by atoms with Crippen LogP contribution in [0.5, 0.6) is 5.75 Å². The SMILES string of the molecule is COc1ccc(C)cc1S(=O)(=O)NC(Cc1ccccc1)C(=O)NCc1ccc(S(=O)(=O)N2CCCCC2)cc1. The minimum atomic E-state index is -4.11. The van der Waals surface area contributed by atoms with E-state index in [1.165, 1.54) is 17.5 Å². The number of sulfonamides is 2. The largest absolute Gasteiger partial charge is 0.495 e. The molecule has 1 unspecified atom stereocenters. The standard InChI is InChI=1S/C29H35N3O6S2/c1-22-11-16-27(38-2)28(19-22)39(34,35)31-26(20-23-9-5-3-6-10-23)29(33)30-21-24-12-14-25(15-13-24)40(36,37)32-17-7-4-8-18-32/h3,5-6,9-16,19,26,31H,4,7-8,17-18,20-21H2,1-2H3,(H,30,33). The summed E-state index contributed by atoms with van der Waals surface area (Å²) < 4.78 is 61.9. The average molecular weight is 586 g/mol. The first-order valence-electron chi connectivity index (χ1n) is 13.2. The molecule has 40 heavy (non-hydrogen) atoms. The van der Waals surface area contributed by atoms with Crippen LogP contribution in [0.15, 0.2) is 82.6 Å². The van der Waals surface area contributed by atoms with E-state index in [-0.39, 0.29) is 28.5 Å². The van der Waals surface area contributed by atoms with Gasteiger partial charge in [0.1, 0.15) is 16.7 Å². The Morgan fingerprint density at radius 3 is 2.23 bits per heavy atom. The Balaban J connectivity index is 1.49. The van der Waals surface area contributed by atoms with Crippen molar-refractivity contribution in [2.45, 2.75) is 55.0 Å². The first-order valence-corrected chi connectivity index (χ1v) is 16.1. The Labute approximate surface area is 236 Å².